The molecule has 0 radical (unpaired) electrons. The number of hydrogen-bond acceptors (Lipinski definition) is 4. The van der Waals surface area contributed by atoms with Crippen LogP contribution in [-0.4, -0.2) is 13.5 Å². The standard InChI is InChI=1S/C13H13ClN2O3S/c14-12-5-4-11(20(15,18)19)7-13(12)16-8-9-2-1-3-10(17)6-9/h1-7,16-17H,8H2,(H2,15,18,19). The van der Waals surface area contributed by atoms with Crippen molar-refractivity contribution < 1.29 is 13.5 Å². The Kier molecular flexibility index (Phi) is 4.17. The van der Waals surface area contributed by atoms with Crippen LogP contribution in [0.1, 0.15) is 5.56 Å². The zero-order valence-corrected chi connectivity index (χ0v) is 11.9. The molecule has 0 unspecified atom stereocenters. The molecular formula is C13H13ClN2O3S. The number of anilines is 1. The fourth-order valence-electron chi connectivity index (χ4n) is 1.68. The largest absolute Gasteiger partial charge is 0.508 e. The number of benzene rings is 2. The number of phenols is 1. The lowest BCUT2D eigenvalue weighted by atomic mass is 10.2. The Bertz CT molecular complexity index is 732. The zero-order chi connectivity index (χ0) is 14.8. The number of primary sulfonamides is 1. The van der Waals surface area contributed by atoms with E-state index in [0.29, 0.717) is 17.3 Å². The lowest BCUT2D eigenvalue weighted by Gasteiger charge is -2.10. The summed E-state index contributed by atoms with van der Waals surface area (Å²) in [6.45, 7) is 0.391. The lowest BCUT2D eigenvalue weighted by Crippen LogP contribution is -2.12. The number of nitrogens with two attached hydrogens (primary N) is 1. The number of rotatable bonds is 4. The molecule has 0 saturated heterocycles. The van der Waals surface area contributed by atoms with Crippen LogP contribution in [0.4, 0.5) is 5.69 Å². The quantitative estimate of drug-likeness (QED) is 0.807. The summed E-state index contributed by atoms with van der Waals surface area (Å²) in [6.07, 6.45) is 0. The maximum Gasteiger partial charge on any atom is 0.238 e. The van der Waals surface area contributed by atoms with E-state index in [0.717, 1.165) is 5.56 Å². The number of phenolic OH excluding ortho intramolecular Hbond substituents is 1. The molecule has 0 spiro atoms. The highest BCUT2D eigenvalue weighted by molar-refractivity contribution is 7.89. The van der Waals surface area contributed by atoms with Gasteiger partial charge in [-0.05, 0) is 35.9 Å². The summed E-state index contributed by atoms with van der Waals surface area (Å²) in [5, 5.41) is 17.8. The highest BCUT2D eigenvalue weighted by Gasteiger charge is 2.10. The molecule has 0 bridgehead atoms. The Balaban J connectivity index is 2.21. The van der Waals surface area contributed by atoms with E-state index in [4.69, 9.17) is 16.7 Å². The molecule has 20 heavy (non-hydrogen) atoms. The lowest BCUT2D eigenvalue weighted by molar-refractivity contribution is 0.474. The maximum atomic E-state index is 11.3. The molecule has 7 heteroatoms. The van der Waals surface area contributed by atoms with E-state index in [2.05, 4.69) is 5.32 Å². The van der Waals surface area contributed by atoms with Crippen LogP contribution < -0.4 is 10.5 Å². The minimum atomic E-state index is -3.77. The summed E-state index contributed by atoms with van der Waals surface area (Å²) >= 11 is 6.00. The molecule has 2 aromatic rings. The van der Waals surface area contributed by atoms with E-state index >= 15 is 0 Å². The van der Waals surface area contributed by atoms with Gasteiger partial charge in [0.1, 0.15) is 5.75 Å². The van der Waals surface area contributed by atoms with Crippen molar-refractivity contribution >= 4 is 27.3 Å². The first-order chi connectivity index (χ1) is 9.36. The minimum absolute atomic E-state index is 0.0136. The summed E-state index contributed by atoms with van der Waals surface area (Å²) in [6, 6.07) is 10.9. The van der Waals surface area contributed by atoms with Crippen molar-refractivity contribution in [2.75, 3.05) is 5.32 Å². The van der Waals surface area contributed by atoms with Crippen LogP contribution in [0.3, 0.4) is 0 Å². The first-order valence-electron chi connectivity index (χ1n) is 5.70. The Morgan fingerprint density at radius 1 is 1.20 bits per heavy atom. The van der Waals surface area contributed by atoms with Gasteiger partial charge in [-0.15, -0.1) is 0 Å². The topological polar surface area (TPSA) is 92.4 Å². The second-order valence-electron chi connectivity index (χ2n) is 4.21. The number of halogens is 1. The highest BCUT2D eigenvalue weighted by Crippen LogP contribution is 2.25. The van der Waals surface area contributed by atoms with E-state index in [1.54, 1.807) is 18.2 Å². The molecule has 0 atom stereocenters. The molecule has 5 nitrogen and oxygen atoms in total. The van der Waals surface area contributed by atoms with Crippen molar-refractivity contribution in [1.82, 2.24) is 0 Å². The van der Waals surface area contributed by atoms with Gasteiger partial charge >= 0.3 is 0 Å². The average molecular weight is 313 g/mol. The van der Waals surface area contributed by atoms with Gasteiger partial charge in [0.05, 0.1) is 15.6 Å². The van der Waals surface area contributed by atoms with Gasteiger partial charge in [-0.1, -0.05) is 23.7 Å². The molecule has 0 amide bonds. The van der Waals surface area contributed by atoms with Crippen molar-refractivity contribution in [1.29, 1.82) is 0 Å². The second-order valence-corrected chi connectivity index (χ2v) is 6.18. The van der Waals surface area contributed by atoms with Crippen molar-refractivity contribution in [2.24, 2.45) is 5.14 Å². The monoisotopic (exact) mass is 312 g/mol. The van der Waals surface area contributed by atoms with Crippen molar-refractivity contribution in [2.45, 2.75) is 11.4 Å². The maximum absolute atomic E-state index is 11.3. The highest BCUT2D eigenvalue weighted by atomic mass is 35.5. The van der Waals surface area contributed by atoms with Gasteiger partial charge < -0.3 is 10.4 Å². The predicted octanol–water partition coefficient (Wildman–Crippen LogP) is 2.31. The molecule has 2 aromatic carbocycles. The molecule has 0 aromatic heterocycles. The predicted molar refractivity (Wildman–Crippen MR) is 78.3 cm³/mol. The molecule has 0 heterocycles. The summed E-state index contributed by atoms with van der Waals surface area (Å²) < 4.78 is 22.6. The van der Waals surface area contributed by atoms with Crippen LogP contribution in [0, 0.1) is 0 Å². The third-order valence-electron chi connectivity index (χ3n) is 2.66. The Morgan fingerprint density at radius 3 is 2.60 bits per heavy atom. The van der Waals surface area contributed by atoms with Gasteiger partial charge in [0.25, 0.3) is 0 Å². The molecule has 0 fully saturated rings. The normalized spacial score (nSPS) is 11.3. The van der Waals surface area contributed by atoms with E-state index in [-0.39, 0.29) is 10.6 Å². The second kappa shape index (κ2) is 5.70. The fourth-order valence-corrected chi connectivity index (χ4v) is 2.40. The molecule has 4 N–H and O–H groups in total. The van der Waals surface area contributed by atoms with E-state index < -0.39 is 10.0 Å². The van der Waals surface area contributed by atoms with Gasteiger partial charge in [0.15, 0.2) is 0 Å². The van der Waals surface area contributed by atoms with Crippen molar-refractivity contribution in [3.05, 3.63) is 53.1 Å². The molecule has 0 aliphatic heterocycles. The molecular weight excluding hydrogens is 300 g/mol. The van der Waals surface area contributed by atoms with Gasteiger partial charge in [0.2, 0.25) is 10.0 Å². The zero-order valence-electron chi connectivity index (χ0n) is 10.4. The first kappa shape index (κ1) is 14.6. The summed E-state index contributed by atoms with van der Waals surface area (Å²) in [5.41, 5.74) is 1.30. The molecule has 0 aliphatic carbocycles. The number of aromatic hydroxyl groups is 1. The van der Waals surface area contributed by atoms with Gasteiger partial charge in [-0.25, -0.2) is 13.6 Å². The van der Waals surface area contributed by atoms with Gasteiger partial charge in [0, 0.05) is 6.54 Å². The molecule has 106 valence electrons. The van der Waals surface area contributed by atoms with Gasteiger partial charge in [-0.3, -0.25) is 0 Å². The van der Waals surface area contributed by atoms with E-state index in [1.165, 1.54) is 18.2 Å². The molecule has 2 rings (SSSR count). The Morgan fingerprint density at radius 2 is 1.95 bits per heavy atom. The summed E-state index contributed by atoms with van der Waals surface area (Å²) in [5.74, 6) is 0.161. The van der Waals surface area contributed by atoms with Crippen molar-refractivity contribution in [3.63, 3.8) is 0 Å². The third-order valence-corrected chi connectivity index (χ3v) is 3.90. The summed E-state index contributed by atoms with van der Waals surface area (Å²) in [4.78, 5) is -0.0136. The van der Waals surface area contributed by atoms with Crippen LogP contribution in [0.2, 0.25) is 5.02 Å². The molecule has 0 saturated carbocycles. The van der Waals surface area contributed by atoms with Crippen LogP contribution in [-0.2, 0) is 16.6 Å². The average Bonchev–Trinajstić information content (AvgIpc) is 2.36. The van der Waals surface area contributed by atoms with E-state index in [9.17, 15) is 13.5 Å². The summed E-state index contributed by atoms with van der Waals surface area (Å²) in [7, 11) is -3.77. The van der Waals surface area contributed by atoms with Crippen LogP contribution in [0.5, 0.6) is 5.75 Å². The van der Waals surface area contributed by atoms with Crippen molar-refractivity contribution in [3.8, 4) is 5.75 Å². The number of hydrogen-bond donors (Lipinski definition) is 3. The van der Waals surface area contributed by atoms with Crippen LogP contribution in [0.25, 0.3) is 0 Å². The smallest absolute Gasteiger partial charge is 0.238 e. The fraction of sp³-hybridized carbons (Fsp3) is 0.0769. The molecule has 0 aliphatic rings. The van der Waals surface area contributed by atoms with Gasteiger partial charge in [-0.2, -0.15) is 0 Å². The Labute approximate surface area is 122 Å². The number of nitrogens with one attached hydrogen (secondary N) is 1. The first-order valence-corrected chi connectivity index (χ1v) is 7.63. The van der Waals surface area contributed by atoms with Crippen LogP contribution in [0.15, 0.2) is 47.4 Å². The Hall–Kier alpha value is -1.76. The van der Waals surface area contributed by atoms with E-state index in [1.807, 2.05) is 6.07 Å². The minimum Gasteiger partial charge on any atom is -0.508 e. The third kappa shape index (κ3) is 3.63. The van der Waals surface area contributed by atoms with Crippen LogP contribution >= 0.6 is 11.6 Å². The SMILES string of the molecule is NS(=O)(=O)c1ccc(Cl)c(NCc2cccc(O)c2)c1. The number of sulfonamides is 1.